The third-order valence-corrected chi connectivity index (χ3v) is 3.49. The van der Waals surface area contributed by atoms with Crippen molar-refractivity contribution in [3.05, 3.63) is 34.9 Å². The third-order valence-electron chi connectivity index (χ3n) is 3.49. The van der Waals surface area contributed by atoms with Crippen molar-refractivity contribution in [2.75, 3.05) is 0 Å². The maximum Gasteiger partial charge on any atom is 0.416 e. The summed E-state index contributed by atoms with van der Waals surface area (Å²) >= 11 is 0. The Morgan fingerprint density at radius 1 is 1.04 bits per heavy atom. The lowest BCUT2D eigenvalue weighted by atomic mass is 10.0. The van der Waals surface area contributed by atoms with Crippen molar-refractivity contribution in [3.63, 3.8) is 0 Å². The molecule has 10 heteroatoms. The molecule has 1 aromatic rings. The van der Waals surface area contributed by atoms with Crippen molar-refractivity contribution in [2.45, 2.75) is 51.0 Å². The number of alkyl halides is 6. The van der Waals surface area contributed by atoms with Crippen molar-refractivity contribution in [2.24, 2.45) is 0 Å². The van der Waals surface area contributed by atoms with Gasteiger partial charge >= 0.3 is 18.3 Å². The van der Waals surface area contributed by atoms with Gasteiger partial charge in [-0.2, -0.15) is 26.3 Å². The van der Waals surface area contributed by atoms with Crippen LogP contribution in [0.5, 0.6) is 0 Å². The van der Waals surface area contributed by atoms with Crippen LogP contribution in [-0.2, 0) is 28.4 Å². The molecule has 146 valence electrons. The molecule has 4 nitrogen and oxygen atoms in total. The van der Waals surface area contributed by atoms with Gasteiger partial charge in [-0.25, -0.2) is 4.79 Å². The predicted molar refractivity (Wildman–Crippen MR) is 79.2 cm³/mol. The molecule has 0 aliphatic rings. The first kappa shape index (κ1) is 21.8. The van der Waals surface area contributed by atoms with E-state index in [1.54, 1.807) is 6.92 Å². The molecule has 1 aromatic carbocycles. The van der Waals surface area contributed by atoms with E-state index in [9.17, 15) is 35.9 Å². The fourth-order valence-corrected chi connectivity index (χ4v) is 2.22. The van der Waals surface area contributed by atoms with E-state index in [2.05, 4.69) is 5.32 Å². The van der Waals surface area contributed by atoms with E-state index >= 15 is 0 Å². The van der Waals surface area contributed by atoms with Crippen LogP contribution in [0.15, 0.2) is 18.2 Å². The Hall–Kier alpha value is -2.26. The first-order chi connectivity index (χ1) is 11.8. The van der Waals surface area contributed by atoms with Gasteiger partial charge in [0.2, 0.25) is 5.91 Å². The van der Waals surface area contributed by atoms with Gasteiger partial charge in [-0.05, 0) is 30.2 Å². The van der Waals surface area contributed by atoms with Gasteiger partial charge in [0.1, 0.15) is 6.04 Å². The number of hydrogen-bond donors (Lipinski definition) is 2. The highest BCUT2D eigenvalue weighted by atomic mass is 19.4. The van der Waals surface area contributed by atoms with Gasteiger partial charge in [-0.3, -0.25) is 4.79 Å². The molecule has 2 N–H and O–H groups in total. The highest BCUT2D eigenvalue weighted by Gasteiger charge is 2.37. The summed E-state index contributed by atoms with van der Waals surface area (Å²) in [5.74, 6) is -2.30. The lowest BCUT2D eigenvalue weighted by Gasteiger charge is -2.16. The highest BCUT2D eigenvalue weighted by Crippen LogP contribution is 2.36. The number of benzene rings is 1. The molecule has 1 amide bonds. The van der Waals surface area contributed by atoms with Gasteiger partial charge in [0.05, 0.1) is 17.5 Å². The standard InChI is InChI=1S/C16H17F6NO3/c1-2-3-4-12(14(25)26)23-13(24)7-9-5-10(15(17,18)19)8-11(6-9)16(20,21)22/h5-6,8,12H,2-4,7H2,1H3,(H,23,24)(H,25,26)/t12-/m1/s1. The smallest absolute Gasteiger partial charge is 0.416 e. The van der Waals surface area contributed by atoms with Crippen LogP contribution in [-0.4, -0.2) is 23.0 Å². The average molecular weight is 385 g/mol. The SMILES string of the molecule is CCCC[C@@H](NC(=O)Cc1cc(C(F)(F)F)cc(C(F)(F)F)c1)C(=O)O. The molecule has 0 bridgehead atoms. The van der Waals surface area contributed by atoms with Crippen LogP contribution in [0.25, 0.3) is 0 Å². The maximum atomic E-state index is 12.8. The van der Waals surface area contributed by atoms with E-state index in [0.29, 0.717) is 25.0 Å². The lowest BCUT2D eigenvalue weighted by Crippen LogP contribution is -2.41. The molecular weight excluding hydrogens is 368 g/mol. The van der Waals surface area contributed by atoms with Crippen LogP contribution in [0.1, 0.15) is 42.9 Å². The van der Waals surface area contributed by atoms with Crippen LogP contribution in [0.2, 0.25) is 0 Å². The van der Waals surface area contributed by atoms with Gasteiger partial charge in [0.15, 0.2) is 0 Å². The summed E-state index contributed by atoms with van der Waals surface area (Å²) in [4.78, 5) is 22.9. The Kier molecular flexibility index (Phi) is 7.05. The fraction of sp³-hybridized carbons (Fsp3) is 0.500. The number of carbonyl (C=O) groups excluding carboxylic acids is 1. The van der Waals surface area contributed by atoms with Crippen molar-refractivity contribution >= 4 is 11.9 Å². The van der Waals surface area contributed by atoms with Gasteiger partial charge in [0.25, 0.3) is 0 Å². The molecule has 0 fully saturated rings. The van der Waals surface area contributed by atoms with Crippen molar-refractivity contribution in [1.82, 2.24) is 5.32 Å². The molecule has 0 saturated heterocycles. The first-order valence-corrected chi connectivity index (χ1v) is 7.65. The monoisotopic (exact) mass is 385 g/mol. The summed E-state index contributed by atoms with van der Waals surface area (Å²) in [6.45, 7) is 1.79. The largest absolute Gasteiger partial charge is 0.480 e. The number of halogens is 6. The third kappa shape index (κ3) is 6.57. The molecule has 1 rings (SSSR count). The van der Waals surface area contributed by atoms with E-state index < -0.39 is 53.4 Å². The van der Waals surface area contributed by atoms with Crippen molar-refractivity contribution in [3.8, 4) is 0 Å². The number of carboxylic acids is 1. The van der Waals surface area contributed by atoms with Gasteiger partial charge in [0, 0.05) is 0 Å². The van der Waals surface area contributed by atoms with Gasteiger partial charge in [-0.1, -0.05) is 19.8 Å². The second-order valence-corrected chi connectivity index (χ2v) is 5.69. The molecule has 0 unspecified atom stereocenters. The summed E-state index contributed by atoms with van der Waals surface area (Å²) in [6, 6.07) is -0.411. The fourth-order valence-electron chi connectivity index (χ4n) is 2.22. The van der Waals surface area contributed by atoms with E-state index in [1.165, 1.54) is 0 Å². The van der Waals surface area contributed by atoms with E-state index in [-0.39, 0.29) is 12.5 Å². The molecule has 0 spiro atoms. The topological polar surface area (TPSA) is 66.4 Å². The molecule has 1 atom stereocenters. The number of unbranched alkanes of at least 4 members (excludes halogenated alkanes) is 1. The highest BCUT2D eigenvalue weighted by molar-refractivity contribution is 5.84. The zero-order chi connectivity index (χ0) is 20.1. The second-order valence-electron chi connectivity index (χ2n) is 5.69. The minimum atomic E-state index is -5.02. The van der Waals surface area contributed by atoms with Crippen LogP contribution in [0.3, 0.4) is 0 Å². The molecule has 0 saturated carbocycles. The Morgan fingerprint density at radius 3 is 1.92 bits per heavy atom. The van der Waals surface area contributed by atoms with Crippen molar-refractivity contribution in [1.29, 1.82) is 0 Å². The molecule has 0 aliphatic carbocycles. The lowest BCUT2D eigenvalue weighted by molar-refractivity contribution is -0.143. The number of carboxylic acid groups (broad SMARTS) is 1. The van der Waals surface area contributed by atoms with Crippen LogP contribution < -0.4 is 5.32 Å². The Morgan fingerprint density at radius 2 is 1.54 bits per heavy atom. The number of amides is 1. The van der Waals surface area contributed by atoms with E-state index in [1.807, 2.05) is 0 Å². The molecular formula is C16H17F6NO3. The van der Waals surface area contributed by atoms with E-state index in [4.69, 9.17) is 5.11 Å². The summed E-state index contributed by atoms with van der Waals surface area (Å²) in [5.41, 5.74) is -3.57. The van der Waals surface area contributed by atoms with Crippen LogP contribution in [0.4, 0.5) is 26.3 Å². The summed E-state index contributed by atoms with van der Waals surface area (Å²) < 4.78 is 76.7. The Bertz CT molecular complexity index is 622. The molecule has 0 aromatic heterocycles. The Labute approximate surface area is 145 Å². The zero-order valence-corrected chi connectivity index (χ0v) is 13.7. The minimum Gasteiger partial charge on any atom is -0.480 e. The van der Waals surface area contributed by atoms with Crippen molar-refractivity contribution < 1.29 is 41.0 Å². The average Bonchev–Trinajstić information content (AvgIpc) is 2.49. The Balaban J connectivity index is 3.04. The second kappa shape index (κ2) is 8.41. The molecule has 0 aliphatic heterocycles. The number of aliphatic carboxylic acids is 1. The predicted octanol–water partition coefficient (Wildman–Crippen LogP) is 4.03. The van der Waals surface area contributed by atoms with Crippen LogP contribution in [0, 0.1) is 0 Å². The number of carbonyl (C=O) groups is 2. The molecule has 26 heavy (non-hydrogen) atoms. The number of hydrogen-bond acceptors (Lipinski definition) is 2. The van der Waals surface area contributed by atoms with Gasteiger partial charge < -0.3 is 10.4 Å². The minimum absolute atomic E-state index is 0.0390. The molecule has 0 heterocycles. The van der Waals surface area contributed by atoms with Crippen LogP contribution >= 0.6 is 0 Å². The molecule has 0 radical (unpaired) electrons. The zero-order valence-electron chi connectivity index (χ0n) is 13.7. The number of nitrogens with one attached hydrogen (secondary N) is 1. The summed E-state index contributed by atoms with van der Waals surface area (Å²) in [7, 11) is 0. The quantitative estimate of drug-likeness (QED) is 0.697. The van der Waals surface area contributed by atoms with Gasteiger partial charge in [-0.15, -0.1) is 0 Å². The number of rotatable bonds is 7. The summed E-state index contributed by atoms with van der Waals surface area (Å²) in [6.07, 6.45) is -9.59. The first-order valence-electron chi connectivity index (χ1n) is 7.65. The maximum absolute atomic E-state index is 12.8. The summed E-state index contributed by atoms with van der Waals surface area (Å²) in [5, 5.41) is 11.1. The van der Waals surface area contributed by atoms with E-state index in [0.717, 1.165) is 0 Å². The normalized spacial score (nSPS) is 13.3.